The summed E-state index contributed by atoms with van der Waals surface area (Å²) in [7, 11) is -10.1. The predicted octanol–water partition coefficient (Wildman–Crippen LogP) is 1.62. The van der Waals surface area contributed by atoms with Crippen LogP contribution in [0.1, 0.15) is 11.1 Å². The molecule has 90 valence electrons. The molecule has 0 aliphatic heterocycles. The molecule has 16 heavy (non-hydrogen) atoms. The van der Waals surface area contributed by atoms with Gasteiger partial charge in [0.15, 0.2) is 0 Å². The van der Waals surface area contributed by atoms with Crippen molar-refractivity contribution < 1.29 is 24.6 Å². The Kier molecular flexibility index (Phi) is 3.08. The molecule has 0 aromatic heterocycles. The van der Waals surface area contributed by atoms with Gasteiger partial charge in [-0.3, -0.25) is 0 Å². The van der Waals surface area contributed by atoms with Gasteiger partial charge in [-0.25, -0.2) is 0 Å². The minimum absolute atomic E-state index is 0.137. The third-order valence-corrected chi connectivity index (χ3v) is 3.88. The number of aryl methyl sites for hydroxylation is 1. The van der Waals surface area contributed by atoms with Crippen molar-refractivity contribution >= 4 is 20.4 Å². The molecule has 0 N–H and O–H groups in total. The lowest BCUT2D eigenvalue weighted by atomic mass is 10.2. The van der Waals surface area contributed by atoms with E-state index in [0.29, 0.717) is 0 Å². The number of rotatable bonds is 2. The molecule has 0 bridgehead atoms. The highest BCUT2D eigenvalue weighted by Gasteiger charge is 2.24. The predicted molar refractivity (Wildman–Crippen MR) is 52.5 cm³/mol. The average molecular weight is 270 g/mol. The number of benzene rings is 1. The van der Waals surface area contributed by atoms with E-state index in [9.17, 15) is 24.6 Å². The highest BCUT2D eigenvalue weighted by molar-refractivity contribution is 7.87. The van der Waals surface area contributed by atoms with E-state index in [1.807, 2.05) is 0 Å². The Labute approximate surface area is 92.3 Å². The second-order valence-corrected chi connectivity index (χ2v) is 5.89. The van der Waals surface area contributed by atoms with Gasteiger partial charge in [-0.15, -0.1) is 7.77 Å². The second kappa shape index (κ2) is 3.77. The van der Waals surface area contributed by atoms with Gasteiger partial charge in [0.25, 0.3) is 0 Å². The highest BCUT2D eigenvalue weighted by atomic mass is 32.3. The summed E-state index contributed by atoms with van der Waals surface area (Å²) in [5.41, 5.74) is -0.325. The van der Waals surface area contributed by atoms with Gasteiger partial charge in [0.1, 0.15) is 9.79 Å². The van der Waals surface area contributed by atoms with Crippen molar-refractivity contribution in [2.24, 2.45) is 0 Å². The Hall–Kier alpha value is -1.02. The first-order valence-corrected chi connectivity index (χ1v) is 6.81. The zero-order valence-electron chi connectivity index (χ0n) is 8.36. The van der Waals surface area contributed by atoms with E-state index in [4.69, 9.17) is 0 Å². The fraction of sp³-hybridized carbons (Fsp3) is 0.250. The van der Waals surface area contributed by atoms with Crippen molar-refractivity contribution in [1.29, 1.82) is 0 Å². The standard InChI is InChI=1S/C8H8F2O4S2/c1-5-3-7(15(9,11)12)6(2)8(4-5)16(10,13)14/h3-4H,1-2H3. The molecule has 8 heteroatoms. The summed E-state index contributed by atoms with van der Waals surface area (Å²) in [6.07, 6.45) is 0. The van der Waals surface area contributed by atoms with E-state index in [1.165, 1.54) is 6.92 Å². The molecule has 0 saturated carbocycles. The maximum Gasteiger partial charge on any atom is 0.332 e. The Morgan fingerprint density at radius 3 is 1.44 bits per heavy atom. The molecule has 0 radical (unpaired) electrons. The smallest absolute Gasteiger partial charge is 0.189 e. The fourth-order valence-electron chi connectivity index (χ4n) is 1.30. The quantitative estimate of drug-likeness (QED) is 0.766. The van der Waals surface area contributed by atoms with Crippen molar-refractivity contribution in [3.05, 3.63) is 23.3 Å². The lowest BCUT2D eigenvalue weighted by molar-refractivity contribution is 0.548. The van der Waals surface area contributed by atoms with Crippen molar-refractivity contribution in [2.45, 2.75) is 23.6 Å². The lowest BCUT2D eigenvalue weighted by Gasteiger charge is -2.06. The largest absolute Gasteiger partial charge is 0.332 e. The zero-order chi connectivity index (χ0) is 12.7. The van der Waals surface area contributed by atoms with Crippen LogP contribution in [-0.2, 0) is 20.4 Å². The zero-order valence-corrected chi connectivity index (χ0v) is 9.99. The molecule has 1 aromatic rings. The van der Waals surface area contributed by atoms with Crippen LogP contribution in [0, 0.1) is 13.8 Å². The fourth-order valence-corrected chi connectivity index (χ4v) is 2.97. The van der Waals surface area contributed by atoms with Gasteiger partial charge in [0.2, 0.25) is 0 Å². The van der Waals surface area contributed by atoms with Crippen LogP contribution >= 0.6 is 0 Å². The summed E-state index contributed by atoms with van der Waals surface area (Å²) in [4.78, 5) is -1.66. The molecule has 0 heterocycles. The Morgan fingerprint density at radius 1 is 0.875 bits per heavy atom. The van der Waals surface area contributed by atoms with E-state index in [2.05, 4.69) is 0 Å². The second-order valence-electron chi connectivity index (χ2n) is 3.26. The highest BCUT2D eigenvalue weighted by Crippen LogP contribution is 2.27. The molecular weight excluding hydrogens is 262 g/mol. The van der Waals surface area contributed by atoms with Crippen LogP contribution < -0.4 is 0 Å². The lowest BCUT2D eigenvalue weighted by Crippen LogP contribution is -2.03. The number of halogens is 2. The Balaban J connectivity index is 3.78. The van der Waals surface area contributed by atoms with Crippen LogP contribution in [0.25, 0.3) is 0 Å². The van der Waals surface area contributed by atoms with E-state index in [-0.39, 0.29) is 5.56 Å². The first-order chi connectivity index (χ1) is 7.03. The molecular formula is C8H8F2O4S2. The van der Waals surface area contributed by atoms with Crippen LogP contribution in [0.2, 0.25) is 0 Å². The van der Waals surface area contributed by atoms with Crippen LogP contribution in [-0.4, -0.2) is 16.8 Å². The third-order valence-electron chi connectivity index (χ3n) is 1.98. The molecule has 0 fully saturated rings. The maximum atomic E-state index is 12.8. The van der Waals surface area contributed by atoms with Crippen molar-refractivity contribution in [2.75, 3.05) is 0 Å². The number of hydrogen-bond acceptors (Lipinski definition) is 4. The molecule has 0 amide bonds. The molecule has 0 unspecified atom stereocenters. The topological polar surface area (TPSA) is 68.3 Å². The molecule has 1 rings (SSSR count). The summed E-state index contributed by atoms with van der Waals surface area (Å²) in [6, 6.07) is 1.89. The van der Waals surface area contributed by atoms with Crippen LogP contribution in [0.15, 0.2) is 21.9 Å². The number of hydrogen-bond donors (Lipinski definition) is 0. The summed E-state index contributed by atoms with van der Waals surface area (Å²) >= 11 is 0. The van der Waals surface area contributed by atoms with Gasteiger partial charge < -0.3 is 0 Å². The normalized spacial score (nSPS) is 12.8. The Morgan fingerprint density at radius 2 is 1.19 bits per heavy atom. The maximum absolute atomic E-state index is 12.8. The minimum atomic E-state index is -5.07. The minimum Gasteiger partial charge on any atom is -0.189 e. The molecule has 0 saturated heterocycles. The summed E-state index contributed by atoms with van der Waals surface area (Å²) in [5, 5.41) is 0. The van der Waals surface area contributed by atoms with Crippen molar-refractivity contribution in [3.8, 4) is 0 Å². The Bertz CT molecular complexity index is 579. The van der Waals surface area contributed by atoms with Crippen LogP contribution in [0.5, 0.6) is 0 Å². The molecule has 0 spiro atoms. The van der Waals surface area contributed by atoms with Gasteiger partial charge in [-0.1, -0.05) is 0 Å². The van der Waals surface area contributed by atoms with Crippen LogP contribution in [0.4, 0.5) is 7.77 Å². The average Bonchev–Trinajstić information content (AvgIpc) is 2.04. The summed E-state index contributed by atoms with van der Waals surface area (Å²) in [6.45, 7) is 2.36. The van der Waals surface area contributed by atoms with Crippen molar-refractivity contribution in [1.82, 2.24) is 0 Å². The molecule has 0 atom stereocenters. The van der Waals surface area contributed by atoms with Crippen LogP contribution in [0.3, 0.4) is 0 Å². The summed E-state index contributed by atoms with van der Waals surface area (Å²) < 4.78 is 68.4. The SMILES string of the molecule is Cc1cc(S(=O)(=O)F)c(C)c(S(=O)(=O)F)c1. The molecule has 4 nitrogen and oxygen atoms in total. The molecule has 0 aliphatic carbocycles. The van der Waals surface area contributed by atoms with Gasteiger partial charge in [-0.2, -0.15) is 16.8 Å². The monoisotopic (exact) mass is 270 g/mol. The third kappa shape index (κ3) is 2.56. The van der Waals surface area contributed by atoms with Gasteiger partial charge in [-0.05, 0) is 37.1 Å². The molecule has 1 aromatic carbocycles. The van der Waals surface area contributed by atoms with Gasteiger partial charge in [0, 0.05) is 0 Å². The first-order valence-electron chi connectivity index (χ1n) is 4.04. The van der Waals surface area contributed by atoms with E-state index in [0.717, 1.165) is 19.1 Å². The first kappa shape index (κ1) is 13.0. The van der Waals surface area contributed by atoms with Gasteiger partial charge >= 0.3 is 20.4 Å². The van der Waals surface area contributed by atoms with Crippen molar-refractivity contribution in [3.63, 3.8) is 0 Å². The van der Waals surface area contributed by atoms with E-state index < -0.39 is 35.8 Å². The van der Waals surface area contributed by atoms with E-state index in [1.54, 1.807) is 0 Å². The van der Waals surface area contributed by atoms with E-state index >= 15 is 0 Å². The molecule has 0 aliphatic rings. The summed E-state index contributed by atoms with van der Waals surface area (Å²) in [5.74, 6) is 0. The van der Waals surface area contributed by atoms with Gasteiger partial charge in [0.05, 0.1) is 0 Å².